The Kier molecular flexibility index (Phi) is 6.72. The highest BCUT2D eigenvalue weighted by Crippen LogP contribution is 2.28. The van der Waals surface area contributed by atoms with E-state index < -0.39 is 5.60 Å². The SMILES string of the molecule is CC(NC(CNC(=O)OC(C)(C)C)C1CCCC1)C1CCOC1. The second-order valence-corrected chi connectivity index (χ2v) is 8.11. The summed E-state index contributed by atoms with van der Waals surface area (Å²) >= 11 is 0. The fraction of sp³-hybridized carbons (Fsp3) is 0.944. The summed E-state index contributed by atoms with van der Waals surface area (Å²) in [4.78, 5) is 11.9. The molecule has 1 heterocycles. The van der Waals surface area contributed by atoms with Crippen LogP contribution < -0.4 is 10.6 Å². The van der Waals surface area contributed by atoms with Gasteiger partial charge in [0.1, 0.15) is 5.60 Å². The van der Waals surface area contributed by atoms with Gasteiger partial charge in [0, 0.05) is 25.2 Å². The van der Waals surface area contributed by atoms with E-state index in [0.29, 0.717) is 30.5 Å². The first-order chi connectivity index (χ1) is 10.8. The van der Waals surface area contributed by atoms with Crippen LogP contribution in [0.15, 0.2) is 0 Å². The van der Waals surface area contributed by atoms with Gasteiger partial charge in [-0.15, -0.1) is 0 Å². The van der Waals surface area contributed by atoms with Gasteiger partial charge < -0.3 is 20.1 Å². The van der Waals surface area contributed by atoms with E-state index in [1.807, 2.05) is 20.8 Å². The van der Waals surface area contributed by atoms with Crippen molar-refractivity contribution < 1.29 is 14.3 Å². The normalized spacial score (nSPS) is 25.3. The second-order valence-electron chi connectivity index (χ2n) is 8.11. The molecule has 1 saturated heterocycles. The molecule has 2 fully saturated rings. The summed E-state index contributed by atoms with van der Waals surface area (Å²) in [5.41, 5.74) is -0.450. The lowest BCUT2D eigenvalue weighted by atomic mass is 9.94. The highest BCUT2D eigenvalue weighted by Gasteiger charge is 2.30. The first-order valence-corrected chi connectivity index (χ1v) is 9.16. The largest absolute Gasteiger partial charge is 0.444 e. The Morgan fingerprint density at radius 3 is 2.48 bits per heavy atom. The predicted molar refractivity (Wildman–Crippen MR) is 91.5 cm³/mol. The number of hydrogen-bond donors (Lipinski definition) is 2. The fourth-order valence-corrected chi connectivity index (χ4v) is 3.65. The van der Waals surface area contributed by atoms with Crippen molar-refractivity contribution >= 4 is 6.09 Å². The third kappa shape index (κ3) is 6.30. The topological polar surface area (TPSA) is 59.6 Å². The maximum atomic E-state index is 11.9. The predicted octanol–water partition coefficient (Wildman–Crippen LogP) is 3.08. The molecule has 3 unspecified atom stereocenters. The second kappa shape index (κ2) is 8.34. The summed E-state index contributed by atoms with van der Waals surface area (Å²) in [7, 11) is 0. The van der Waals surface area contributed by atoms with Crippen LogP contribution in [0.5, 0.6) is 0 Å². The van der Waals surface area contributed by atoms with Crippen LogP contribution in [0.3, 0.4) is 0 Å². The van der Waals surface area contributed by atoms with Gasteiger partial charge in [-0.25, -0.2) is 4.79 Å². The molecule has 5 nitrogen and oxygen atoms in total. The molecule has 0 bridgehead atoms. The average molecular weight is 326 g/mol. The van der Waals surface area contributed by atoms with Crippen molar-refractivity contribution in [3.63, 3.8) is 0 Å². The summed E-state index contributed by atoms with van der Waals surface area (Å²) in [6.45, 7) is 10.3. The van der Waals surface area contributed by atoms with Gasteiger partial charge in [0.25, 0.3) is 0 Å². The van der Waals surface area contributed by atoms with E-state index in [0.717, 1.165) is 19.6 Å². The number of amides is 1. The molecule has 23 heavy (non-hydrogen) atoms. The highest BCUT2D eigenvalue weighted by molar-refractivity contribution is 5.67. The van der Waals surface area contributed by atoms with Gasteiger partial charge in [-0.2, -0.15) is 0 Å². The Morgan fingerprint density at radius 1 is 1.22 bits per heavy atom. The molecule has 2 aliphatic rings. The zero-order valence-electron chi connectivity index (χ0n) is 15.2. The standard InChI is InChI=1S/C18H34N2O3/c1-13(15-9-10-22-12-15)20-16(14-7-5-6-8-14)11-19-17(21)23-18(2,3)4/h13-16,20H,5-12H2,1-4H3,(H,19,21). The molecule has 0 radical (unpaired) electrons. The third-order valence-corrected chi connectivity index (χ3v) is 4.98. The third-order valence-electron chi connectivity index (χ3n) is 4.98. The Balaban J connectivity index is 1.85. The maximum absolute atomic E-state index is 11.9. The Morgan fingerprint density at radius 2 is 1.91 bits per heavy atom. The van der Waals surface area contributed by atoms with Crippen molar-refractivity contribution in [3.8, 4) is 0 Å². The summed E-state index contributed by atoms with van der Waals surface area (Å²) in [5.74, 6) is 1.23. The average Bonchev–Trinajstić information content (AvgIpc) is 3.13. The van der Waals surface area contributed by atoms with Gasteiger partial charge in [-0.1, -0.05) is 12.8 Å². The number of alkyl carbamates (subject to hydrolysis) is 1. The van der Waals surface area contributed by atoms with Crippen LogP contribution in [0.4, 0.5) is 4.79 Å². The van der Waals surface area contributed by atoms with Gasteiger partial charge in [0.2, 0.25) is 0 Å². The lowest BCUT2D eigenvalue weighted by Crippen LogP contribution is -2.50. The molecule has 0 aromatic heterocycles. The Hall–Kier alpha value is -0.810. The van der Waals surface area contributed by atoms with Crippen molar-refractivity contribution in [2.75, 3.05) is 19.8 Å². The van der Waals surface area contributed by atoms with Gasteiger partial charge >= 0.3 is 6.09 Å². The van der Waals surface area contributed by atoms with Gasteiger partial charge in [0.05, 0.1) is 6.61 Å². The zero-order valence-corrected chi connectivity index (χ0v) is 15.2. The van der Waals surface area contributed by atoms with Crippen LogP contribution >= 0.6 is 0 Å². The minimum absolute atomic E-state index is 0.320. The van der Waals surface area contributed by atoms with Crippen LogP contribution in [-0.4, -0.2) is 43.5 Å². The molecule has 1 aliphatic heterocycles. The van der Waals surface area contributed by atoms with Crippen LogP contribution in [-0.2, 0) is 9.47 Å². The summed E-state index contributed by atoms with van der Waals surface area (Å²) in [5, 5.41) is 6.73. The summed E-state index contributed by atoms with van der Waals surface area (Å²) in [6, 6.07) is 0.740. The summed E-state index contributed by atoms with van der Waals surface area (Å²) in [6.07, 6.45) is 5.92. The first kappa shape index (κ1) is 18.5. The number of carbonyl (C=O) groups excluding carboxylic acids is 1. The van der Waals surface area contributed by atoms with E-state index in [-0.39, 0.29) is 6.09 Å². The van der Waals surface area contributed by atoms with Crippen molar-refractivity contribution in [1.29, 1.82) is 0 Å². The smallest absolute Gasteiger partial charge is 0.407 e. The molecule has 1 aliphatic carbocycles. The molecule has 5 heteroatoms. The first-order valence-electron chi connectivity index (χ1n) is 9.16. The summed E-state index contributed by atoms with van der Waals surface area (Å²) < 4.78 is 10.9. The Labute approximate surface area is 140 Å². The monoisotopic (exact) mass is 326 g/mol. The molecule has 1 saturated carbocycles. The molecular weight excluding hydrogens is 292 g/mol. The van der Waals surface area contributed by atoms with Gasteiger partial charge in [0.15, 0.2) is 0 Å². The number of rotatable bonds is 6. The lowest BCUT2D eigenvalue weighted by Gasteiger charge is -2.31. The van der Waals surface area contributed by atoms with Crippen LogP contribution in [0.2, 0.25) is 0 Å². The van der Waals surface area contributed by atoms with Crippen LogP contribution in [0.1, 0.15) is 59.8 Å². The van der Waals surface area contributed by atoms with E-state index in [1.54, 1.807) is 0 Å². The molecular formula is C18H34N2O3. The molecule has 2 N–H and O–H groups in total. The van der Waals surface area contributed by atoms with Crippen LogP contribution in [0.25, 0.3) is 0 Å². The Bertz CT molecular complexity index is 369. The number of hydrogen-bond acceptors (Lipinski definition) is 4. The van der Waals surface area contributed by atoms with E-state index in [9.17, 15) is 4.79 Å². The van der Waals surface area contributed by atoms with E-state index in [1.165, 1.54) is 25.7 Å². The molecule has 3 atom stereocenters. The molecule has 0 aromatic carbocycles. The fourth-order valence-electron chi connectivity index (χ4n) is 3.65. The van der Waals surface area contributed by atoms with E-state index in [2.05, 4.69) is 17.6 Å². The van der Waals surface area contributed by atoms with Crippen molar-refractivity contribution in [1.82, 2.24) is 10.6 Å². The van der Waals surface area contributed by atoms with E-state index >= 15 is 0 Å². The number of carbonyl (C=O) groups is 1. The minimum atomic E-state index is -0.450. The lowest BCUT2D eigenvalue weighted by molar-refractivity contribution is 0.0516. The zero-order chi connectivity index (χ0) is 16.9. The highest BCUT2D eigenvalue weighted by atomic mass is 16.6. The molecule has 134 valence electrons. The van der Waals surface area contributed by atoms with Crippen LogP contribution in [0, 0.1) is 11.8 Å². The van der Waals surface area contributed by atoms with Gasteiger partial charge in [-0.3, -0.25) is 0 Å². The quantitative estimate of drug-likeness (QED) is 0.787. The maximum Gasteiger partial charge on any atom is 0.407 e. The molecule has 0 spiro atoms. The van der Waals surface area contributed by atoms with Gasteiger partial charge in [-0.05, 0) is 58.8 Å². The van der Waals surface area contributed by atoms with E-state index in [4.69, 9.17) is 9.47 Å². The molecule has 0 aromatic rings. The van der Waals surface area contributed by atoms with Crippen molar-refractivity contribution in [2.24, 2.45) is 11.8 Å². The molecule has 2 rings (SSSR count). The van der Waals surface area contributed by atoms with Crippen molar-refractivity contribution in [3.05, 3.63) is 0 Å². The molecule has 1 amide bonds. The number of ether oxygens (including phenoxy) is 2. The number of nitrogens with one attached hydrogen (secondary N) is 2. The minimum Gasteiger partial charge on any atom is -0.444 e. The van der Waals surface area contributed by atoms with Crippen molar-refractivity contribution in [2.45, 2.75) is 77.5 Å².